The van der Waals surface area contributed by atoms with Gasteiger partial charge in [0.25, 0.3) is 0 Å². The van der Waals surface area contributed by atoms with Gasteiger partial charge in [-0.1, -0.05) is 280 Å². The Balaban J connectivity index is 4.35. The summed E-state index contributed by atoms with van der Waals surface area (Å²) in [6.45, 7) is 6.54. The summed E-state index contributed by atoms with van der Waals surface area (Å²) in [6, 6.07) is 0. The van der Waals surface area contributed by atoms with E-state index in [0.29, 0.717) is 19.3 Å². The van der Waals surface area contributed by atoms with Crippen molar-refractivity contribution in [3.63, 3.8) is 0 Å². The Hall–Kier alpha value is -3.15. The van der Waals surface area contributed by atoms with Gasteiger partial charge in [0, 0.05) is 19.3 Å². The zero-order valence-electron chi connectivity index (χ0n) is 48.4. The second-order valence-electron chi connectivity index (χ2n) is 20.9. The predicted octanol–water partition coefficient (Wildman–Crippen LogP) is 21.3. The number of unbranched alkanes of at least 4 members (excludes halogenated alkanes) is 34. The minimum atomic E-state index is -0.780. The van der Waals surface area contributed by atoms with Crippen molar-refractivity contribution in [1.29, 1.82) is 0 Å². The molecule has 0 heterocycles. The number of carbonyl (C=O) groups excluding carboxylic acids is 3. The molecule has 0 saturated carbocycles. The number of ether oxygens (including phenoxy) is 3. The quantitative estimate of drug-likeness (QED) is 0.0261. The highest BCUT2D eigenvalue weighted by Gasteiger charge is 2.19. The van der Waals surface area contributed by atoms with Crippen molar-refractivity contribution in [3.05, 3.63) is 72.9 Å². The normalized spacial score (nSPS) is 12.5. The van der Waals surface area contributed by atoms with E-state index >= 15 is 0 Å². The van der Waals surface area contributed by atoms with Gasteiger partial charge in [-0.15, -0.1) is 0 Å². The Labute approximate surface area is 453 Å². The number of hydrogen-bond donors (Lipinski definition) is 0. The van der Waals surface area contributed by atoms with Crippen LogP contribution in [-0.2, 0) is 28.6 Å². The van der Waals surface area contributed by atoms with E-state index in [4.69, 9.17) is 14.2 Å². The van der Waals surface area contributed by atoms with Crippen LogP contribution in [0.5, 0.6) is 0 Å². The minimum absolute atomic E-state index is 0.0767. The number of allylic oxidation sites excluding steroid dienone is 12. The van der Waals surface area contributed by atoms with Crippen molar-refractivity contribution in [2.45, 2.75) is 322 Å². The molecule has 0 N–H and O–H groups in total. The van der Waals surface area contributed by atoms with Crippen LogP contribution < -0.4 is 0 Å². The van der Waals surface area contributed by atoms with Gasteiger partial charge in [0.15, 0.2) is 6.10 Å². The summed E-state index contributed by atoms with van der Waals surface area (Å²) in [4.78, 5) is 38.3. The van der Waals surface area contributed by atoms with E-state index < -0.39 is 6.10 Å². The third-order valence-corrected chi connectivity index (χ3v) is 13.7. The lowest BCUT2D eigenvalue weighted by atomic mass is 10.0. The standard InChI is InChI=1S/C67H118O6/c1-4-7-10-13-16-19-22-25-27-29-31-33-35-37-39-42-45-48-51-54-57-60-66(69)72-63-64(62-71-65(68)59-56-53-50-47-44-41-24-21-18-15-12-9-6-3)73-67(70)61-58-55-52-49-46-43-40-38-36-34-32-30-28-26-23-20-17-14-11-8-5-2/h7,10,16,19,23,25-27,30-33,64H,4-6,8-9,11-15,17-18,20-22,24,28-29,34-63H2,1-3H3/b10-7-,19-16-,26-23-,27-25-,32-30-,33-31-. The molecule has 0 spiro atoms. The van der Waals surface area contributed by atoms with E-state index in [2.05, 4.69) is 93.7 Å². The summed E-state index contributed by atoms with van der Waals surface area (Å²) in [5, 5.41) is 0. The fourth-order valence-corrected chi connectivity index (χ4v) is 9.00. The largest absolute Gasteiger partial charge is 0.462 e. The average molecular weight is 1020 g/mol. The van der Waals surface area contributed by atoms with Crippen LogP contribution >= 0.6 is 0 Å². The molecule has 422 valence electrons. The molecule has 0 amide bonds. The molecule has 6 heteroatoms. The fraction of sp³-hybridized carbons (Fsp3) is 0.776. The molecule has 0 aliphatic rings. The van der Waals surface area contributed by atoms with Crippen LogP contribution in [0.3, 0.4) is 0 Å². The zero-order chi connectivity index (χ0) is 52.9. The van der Waals surface area contributed by atoms with Crippen LogP contribution in [-0.4, -0.2) is 37.2 Å². The minimum Gasteiger partial charge on any atom is -0.462 e. The zero-order valence-corrected chi connectivity index (χ0v) is 48.4. The molecule has 0 aromatic carbocycles. The van der Waals surface area contributed by atoms with Gasteiger partial charge in [-0.25, -0.2) is 0 Å². The Kier molecular flexibility index (Phi) is 58.7. The van der Waals surface area contributed by atoms with Gasteiger partial charge in [-0.2, -0.15) is 0 Å². The van der Waals surface area contributed by atoms with Crippen molar-refractivity contribution in [2.75, 3.05) is 13.2 Å². The lowest BCUT2D eigenvalue weighted by molar-refractivity contribution is -0.167. The highest BCUT2D eigenvalue weighted by molar-refractivity contribution is 5.71. The molecule has 0 rings (SSSR count). The number of carbonyl (C=O) groups is 3. The highest BCUT2D eigenvalue weighted by Crippen LogP contribution is 2.16. The molecule has 1 atom stereocenters. The second kappa shape index (κ2) is 61.4. The number of esters is 3. The molecule has 6 nitrogen and oxygen atoms in total. The van der Waals surface area contributed by atoms with Gasteiger partial charge in [0.2, 0.25) is 0 Å². The molecule has 0 aliphatic carbocycles. The van der Waals surface area contributed by atoms with Crippen LogP contribution in [0.1, 0.15) is 316 Å². The lowest BCUT2D eigenvalue weighted by Crippen LogP contribution is -2.30. The maximum atomic E-state index is 12.9. The van der Waals surface area contributed by atoms with E-state index in [1.807, 2.05) is 0 Å². The molecule has 0 aromatic rings. The van der Waals surface area contributed by atoms with Crippen LogP contribution in [0, 0.1) is 0 Å². The van der Waals surface area contributed by atoms with Gasteiger partial charge in [0.05, 0.1) is 0 Å². The molecule has 0 radical (unpaired) electrons. The summed E-state index contributed by atoms with van der Waals surface area (Å²) in [6.07, 6.45) is 79.0. The first-order chi connectivity index (χ1) is 36.0. The average Bonchev–Trinajstić information content (AvgIpc) is 3.39. The Morgan fingerprint density at radius 2 is 0.534 bits per heavy atom. The molecule has 0 bridgehead atoms. The lowest BCUT2D eigenvalue weighted by Gasteiger charge is -2.18. The first kappa shape index (κ1) is 69.8. The summed E-state index contributed by atoms with van der Waals surface area (Å²) < 4.78 is 16.9. The maximum absolute atomic E-state index is 12.9. The molecule has 0 saturated heterocycles. The number of hydrogen-bond acceptors (Lipinski definition) is 6. The molecule has 1 unspecified atom stereocenters. The molecular weight excluding hydrogens is 901 g/mol. The van der Waals surface area contributed by atoms with E-state index in [-0.39, 0.29) is 31.1 Å². The Morgan fingerprint density at radius 1 is 0.288 bits per heavy atom. The Bertz CT molecular complexity index is 1360. The summed E-state index contributed by atoms with van der Waals surface area (Å²) in [5.74, 6) is -0.875. The van der Waals surface area contributed by atoms with Gasteiger partial charge in [-0.3, -0.25) is 14.4 Å². The first-order valence-electron chi connectivity index (χ1n) is 31.4. The van der Waals surface area contributed by atoms with Crippen molar-refractivity contribution >= 4 is 17.9 Å². The van der Waals surface area contributed by atoms with E-state index in [1.165, 1.54) is 180 Å². The molecule has 0 aromatic heterocycles. The van der Waals surface area contributed by atoms with Gasteiger partial charge in [0.1, 0.15) is 13.2 Å². The van der Waals surface area contributed by atoms with E-state index in [1.54, 1.807) is 0 Å². The van der Waals surface area contributed by atoms with Gasteiger partial charge >= 0.3 is 17.9 Å². The van der Waals surface area contributed by atoms with E-state index in [9.17, 15) is 14.4 Å². The van der Waals surface area contributed by atoms with E-state index in [0.717, 1.165) is 96.3 Å². The molecule has 0 fully saturated rings. The molecular formula is C67H118O6. The fourth-order valence-electron chi connectivity index (χ4n) is 9.00. The van der Waals surface area contributed by atoms with Gasteiger partial charge in [-0.05, 0) is 89.9 Å². The molecule has 0 aliphatic heterocycles. The van der Waals surface area contributed by atoms with Crippen LogP contribution in [0.25, 0.3) is 0 Å². The van der Waals surface area contributed by atoms with Crippen molar-refractivity contribution in [3.8, 4) is 0 Å². The highest BCUT2D eigenvalue weighted by atomic mass is 16.6. The van der Waals surface area contributed by atoms with Crippen molar-refractivity contribution in [2.24, 2.45) is 0 Å². The second-order valence-corrected chi connectivity index (χ2v) is 20.9. The van der Waals surface area contributed by atoms with Crippen LogP contribution in [0.4, 0.5) is 0 Å². The Morgan fingerprint density at radius 3 is 0.836 bits per heavy atom. The smallest absolute Gasteiger partial charge is 0.306 e. The third kappa shape index (κ3) is 59.6. The number of rotatable bonds is 57. The van der Waals surface area contributed by atoms with Crippen molar-refractivity contribution < 1.29 is 28.6 Å². The van der Waals surface area contributed by atoms with Crippen LogP contribution in [0.15, 0.2) is 72.9 Å². The predicted molar refractivity (Wildman–Crippen MR) is 316 cm³/mol. The maximum Gasteiger partial charge on any atom is 0.306 e. The van der Waals surface area contributed by atoms with Gasteiger partial charge < -0.3 is 14.2 Å². The van der Waals surface area contributed by atoms with Crippen molar-refractivity contribution in [1.82, 2.24) is 0 Å². The van der Waals surface area contributed by atoms with Crippen LogP contribution in [0.2, 0.25) is 0 Å². The summed E-state index contributed by atoms with van der Waals surface area (Å²) in [7, 11) is 0. The third-order valence-electron chi connectivity index (χ3n) is 13.7. The summed E-state index contributed by atoms with van der Waals surface area (Å²) in [5.41, 5.74) is 0. The monoisotopic (exact) mass is 1020 g/mol. The molecule has 73 heavy (non-hydrogen) atoms. The SMILES string of the molecule is CC/C=C\C/C=C\C/C=C\C/C=C\CCCCCCCCCCC(=O)OCC(COC(=O)CCCCCCCCCCCCCCC)OC(=O)CCCCCCCCCCC/C=C\C/C=C\CCCCCCC. The summed E-state index contributed by atoms with van der Waals surface area (Å²) >= 11 is 0. The first-order valence-corrected chi connectivity index (χ1v) is 31.4. The topological polar surface area (TPSA) is 78.9 Å².